The zero-order valence-electron chi connectivity index (χ0n) is 73.6. The van der Waals surface area contributed by atoms with Gasteiger partial charge in [-0.2, -0.15) is 0 Å². The van der Waals surface area contributed by atoms with Gasteiger partial charge in [0.25, 0.3) is 0 Å². The Morgan fingerprint density at radius 2 is 0.463 bits per heavy atom. The van der Waals surface area contributed by atoms with E-state index < -0.39 is 10.8 Å². The minimum atomic E-state index is -0.554. The Morgan fingerprint density at radius 1 is 0.224 bits per heavy atom. The molecule has 0 fully saturated rings. The normalized spacial score (nSPS) is 13.4. The number of rotatable bonds is 23. The van der Waals surface area contributed by atoms with Crippen LogP contribution in [0.1, 0.15) is 55.6 Å². The maximum atomic E-state index is 8.94. The summed E-state index contributed by atoms with van der Waals surface area (Å²) in [5.74, 6) is 3.77. The Labute approximate surface area is 793 Å². The van der Waals surface area contributed by atoms with E-state index in [0.29, 0.717) is 13.4 Å². The number of nitrogens with zero attached hydrogens (tertiary/aromatic N) is 2. The summed E-state index contributed by atoms with van der Waals surface area (Å²) < 4.78 is 18.7. The fourth-order valence-corrected chi connectivity index (χ4v) is 19.4. The average Bonchev–Trinajstić information content (AvgIpc) is 1.54. The fourth-order valence-electron chi connectivity index (χ4n) is 19.0. The number of halogens is 1. The molecule has 2 aliphatic carbocycles. The molecule has 20 aromatic rings. The standard InChI is InChI=1S/C63H45NO.C33H23BrO.C30H23BNO2/c1-2-45-22-39-57(40-23-45)65-58-41-31-53(32-42-58)63(52-18-10-5-11-19-52)61-21-13-12-20-59(61)60-43-30-51(44-62(60)63)50-28-37-56(38-29-50)64(54-33-24-48(25-34-54)46-14-6-3-7-15-46)55-35-26-49(27-36-55)47-16-8-4-9-17-47;1-2-23-12-17-27(18-13-23)35-28-19-14-25(15-20-28)33(24-8-4-3-5-9-24)31-11-7-6-10-29(31)30-21-16-26(34)22-32(30)33;33-31-34-30-21-19-29(20-22-30)32(27-15-11-25(12-16-27)23-7-3-1-4-8-23)28-17-13-26(14-18-28)24-9-5-2-6-10-24/h2-44H,1H2;2-22H,1H2;1-22,33H. The van der Waals surface area contributed by atoms with Crippen molar-refractivity contribution < 1.29 is 19.2 Å². The van der Waals surface area contributed by atoms with Gasteiger partial charge in [-0.25, -0.2) is 0 Å². The quantitative estimate of drug-likeness (QED) is 0.0644. The molecule has 0 saturated heterocycles. The van der Waals surface area contributed by atoms with Gasteiger partial charge in [-0.05, 0) is 285 Å². The molecule has 2 unspecified atom stereocenters. The SMILES string of the molecule is C=Cc1ccc(Oc2ccc(C3(c4ccccc4)c4ccccc4-c4ccc(-c5ccc(N(c6ccc(-c7ccccc7)cc6)c6ccc(-c7ccccc7)cc6)cc5)cc43)cc2)cc1.C=Cc1ccc(Oc2ccc(C3(c4ccccc4)c4ccccc4-c4ccc(Br)cc43)cc2)cc1.O[B]Oc1ccc(N(c2ccc(-c3ccccc3)cc2)c2ccc(-c3ccccc3)cc2)cc1. The topological polar surface area (TPSA) is 54.4 Å². The fraction of sp³-hybridized carbons (Fsp3) is 0.0159. The molecule has 1 radical (unpaired) electrons. The van der Waals surface area contributed by atoms with Crippen LogP contribution >= 0.6 is 15.9 Å². The van der Waals surface area contributed by atoms with Crippen LogP contribution in [-0.4, -0.2) is 12.7 Å². The van der Waals surface area contributed by atoms with Gasteiger partial charge >= 0.3 is 7.69 Å². The van der Waals surface area contributed by atoms with Crippen molar-refractivity contribution in [3.63, 3.8) is 0 Å². The van der Waals surface area contributed by atoms with E-state index in [1.54, 1.807) is 0 Å². The number of anilines is 6. The van der Waals surface area contributed by atoms with Crippen LogP contribution in [-0.2, 0) is 10.8 Å². The van der Waals surface area contributed by atoms with Crippen LogP contribution in [0.5, 0.6) is 28.7 Å². The van der Waals surface area contributed by atoms with Crippen molar-refractivity contribution in [1.29, 1.82) is 0 Å². The minimum Gasteiger partial charge on any atom is -0.537 e. The number of benzene rings is 20. The molecule has 20 aromatic carbocycles. The third-order valence-corrected chi connectivity index (χ3v) is 25.9. The summed E-state index contributed by atoms with van der Waals surface area (Å²) in [5.41, 5.74) is 34.4. The lowest BCUT2D eigenvalue weighted by Crippen LogP contribution is -2.28. The molecular weight excluding hydrogens is 1700 g/mol. The van der Waals surface area contributed by atoms with E-state index in [9.17, 15) is 0 Å². The number of hydrogen-bond donors (Lipinski definition) is 1. The Morgan fingerprint density at radius 3 is 0.784 bits per heavy atom. The summed E-state index contributed by atoms with van der Waals surface area (Å²) in [6.07, 6.45) is 3.67. The largest absolute Gasteiger partial charge is 0.569 e. The van der Waals surface area contributed by atoms with Gasteiger partial charge in [-0.3, -0.25) is 0 Å². The zero-order chi connectivity index (χ0) is 90.6. The zero-order valence-corrected chi connectivity index (χ0v) is 75.2. The summed E-state index contributed by atoms with van der Waals surface area (Å²) in [6, 6.07) is 180. The molecule has 22 rings (SSSR count). The van der Waals surface area contributed by atoms with Gasteiger partial charge in [-0.1, -0.05) is 399 Å². The molecule has 0 heterocycles. The molecule has 639 valence electrons. The second kappa shape index (κ2) is 39.0. The molecule has 0 aromatic heterocycles. The Kier molecular flexibility index (Phi) is 24.9. The molecule has 2 atom stereocenters. The van der Waals surface area contributed by atoms with E-state index in [-0.39, 0.29) is 0 Å². The highest BCUT2D eigenvalue weighted by Crippen LogP contribution is 2.59. The van der Waals surface area contributed by atoms with Gasteiger partial charge in [0.15, 0.2) is 0 Å². The summed E-state index contributed by atoms with van der Waals surface area (Å²) in [4.78, 5) is 4.55. The molecule has 6 nitrogen and oxygen atoms in total. The van der Waals surface area contributed by atoms with Crippen molar-refractivity contribution >= 4 is 69.9 Å². The van der Waals surface area contributed by atoms with Gasteiger partial charge in [0.05, 0.1) is 10.8 Å². The maximum Gasteiger partial charge on any atom is 0.569 e. The van der Waals surface area contributed by atoms with Crippen molar-refractivity contribution in [3.05, 3.63) is 583 Å². The molecule has 2 aliphatic rings. The predicted molar refractivity (Wildman–Crippen MR) is 560 cm³/mol. The molecule has 0 saturated carbocycles. The first kappa shape index (κ1) is 85.5. The molecule has 1 N–H and O–H groups in total. The number of fused-ring (bicyclic) bond motifs is 6. The van der Waals surface area contributed by atoms with Crippen LogP contribution in [0, 0.1) is 0 Å². The van der Waals surface area contributed by atoms with E-state index in [1.807, 2.05) is 97.1 Å². The first-order chi connectivity index (χ1) is 66.2. The third kappa shape index (κ3) is 17.4. The van der Waals surface area contributed by atoms with Crippen LogP contribution < -0.4 is 23.9 Å². The molecular formula is C126H91BBrN2O4. The molecule has 0 aliphatic heterocycles. The molecule has 134 heavy (non-hydrogen) atoms. The van der Waals surface area contributed by atoms with E-state index in [4.69, 9.17) is 19.2 Å². The monoisotopic (exact) mass is 1790 g/mol. The lowest BCUT2D eigenvalue weighted by Gasteiger charge is -2.34. The van der Waals surface area contributed by atoms with Gasteiger partial charge in [0.1, 0.15) is 28.7 Å². The molecule has 0 spiro atoms. The highest BCUT2D eigenvalue weighted by molar-refractivity contribution is 9.10. The van der Waals surface area contributed by atoms with Gasteiger partial charge in [0.2, 0.25) is 0 Å². The summed E-state index contributed by atoms with van der Waals surface area (Å²) in [5, 5.41) is 8.94. The van der Waals surface area contributed by atoms with E-state index in [0.717, 1.165) is 83.8 Å². The number of ether oxygens (including phenoxy) is 2. The smallest absolute Gasteiger partial charge is 0.537 e. The Hall–Kier alpha value is -16.6. The highest BCUT2D eigenvalue weighted by atomic mass is 79.9. The van der Waals surface area contributed by atoms with Gasteiger partial charge in [-0.15, -0.1) is 0 Å². The van der Waals surface area contributed by atoms with Crippen molar-refractivity contribution in [2.75, 3.05) is 9.80 Å². The van der Waals surface area contributed by atoms with Gasteiger partial charge in [0, 0.05) is 38.6 Å². The molecule has 8 heteroatoms. The third-order valence-electron chi connectivity index (χ3n) is 25.4. The van der Waals surface area contributed by atoms with Crippen LogP contribution in [0.4, 0.5) is 34.1 Å². The van der Waals surface area contributed by atoms with Crippen LogP contribution in [0.25, 0.3) is 90.0 Å². The van der Waals surface area contributed by atoms with Crippen LogP contribution in [0.2, 0.25) is 0 Å². The van der Waals surface area contributed by atoms with Crippen LogP contribution in [0.3, 0.4) is 0 Å². The lowest BCUT2D eigenvalue weighted by molar-refractivity contribution is 0.454. The summed E-state index contributed by atoms with van der Waals surface area (Å²) >= 11 is 3.74. The Bertz CT molecular complexity index is 7270. The van der Waals surface area contributed by atoms with Crippen molar-refractivity contribution in [2.45, 2.75) is 10.8 Å². The lowest BCUT2D eigenvalue weighted by atomic mass is 9.67. The van der Waals surface area contributed by atoms with E-state index in [2.05, 4.69) is 464 Å². The minimum absolute atomic E-state index is 0.416. The number of hydrogen-bond acceptors (Lipinski definition) is 6. The first-order valence-electron chi connectivity index (χ1n) is 45.0. The second-order valence-electron chi connectivity index (χ2n) is 33.2. The van der Waals surface area contributed by atoms with Crippen LogP contribution in [0.15, 0.2) is 527 Å². The summed E-state index contributed by atoms with van der Waals surface area (Å²) in [6.45, 7) is 7.70. The van der Waals surface area contributed by atoms with E-state index >= 15 is 0 Å². The van der Waals surface area contributed by atoms with E-state index in [1.165, 1.54) is 111 Å². The second-order valence-corrected chi connectivity index (χ2v) is 34.1. The molecule has 0 bridgehead atoms. The average molecular weight is 1790 g/mol. The first-order valence-corrected chi connectivity index (χ1v) is 45.8. The summed E-state index contributed by atoms with van der Waals surface area (Å²) in [7, 11) is 0.692. The maximum absolute atomic E-state index is 8.94. The molecule has 0 amide bonds. The van der Waals surface area contributed by atoms with Crippen molar-refractivity contribution in [2.24, 2.45) is 0 Å². The Balaban J connectivity index is 0.000000136. The predicted octanol–water partition coefficient (Wildman–Crippen LogP) is 33.6. The van der Waals surface area contributed by atoms with Crippen molar-refractivity contribution in [3.8, 4) is 107 Å². The highest BCUT2D eigenvalue weighted by Gasteiger charge is 2.48. The van der Waals surface area contributed by atoms with Gasteiger partial charge < -0.3 is 29.0 Å². The van der Waals surface area contributed by atoms with Crippen molar-refractivity contribution in [1.82, 2.24) is 0 Å².